The first-order chi connectivity index (χ1) is 13.4. The van der Waals surface area contributed by atoms with Gasteiger partial charge in [-0.15, -0.1) is 0 Å². The highest BCUT2D eigenvalue weighted by molar-refractivity contribution is 6.22. The number of nitrogens with one attached hydrogen (secondary N) is 1. The van der Waals surface area contributed by atoms with Crippen LogP contribution in [0.4, 0.5) is 14.5 Å². The van der Waals surface area contributed by atoms with Gasteiger partial charge >= 0.3 is 0 Å². The van der Waals surface area contributed by atoms with Crippen LogP contribution in [0.2, 0.25) is 0 Å². The van der Waals surface area contributed by atoms with E-state index in [-0.39, 0.29) is 35.0 Å². The van der Waals surface area contributed by atoms with Crippen molar-refractivity contribution in [3.8, 4) is 0 Å². The third kappa shape index (κ3) is 3.27. The summed E-state index contributed by atoms with van der Waals surface area (Å²) in [5.74, 6) is -3.13. The highest BCUT2D eigenvalue weighted by Gasteiger charge is 2.38. The summed E-state index contributed by atoms with van der Waals surface area (Å²) in [4.78, 5) is 38.7. The lowest BCUT2D eigenvalue weighted by atomic mass is 10.1. The van der Waals surface area contributed by atoms with Crippen LogP contribution in [0.15, 0.2) is 36.4 Å². The number of anilines is 1. The number of hydrogen-bond acceptors (Lipinski definition) is 4. The topological polar surface area (TPSA) is 75.7 Å². The fraction of sp³-hybridized carbons (Fsp3) is 0.250. The predicted octanol–water partition coefficient (Wildman–Crippen LogP) is 2.99. The number of hydrogen-bond donors (Lipinski definition) is 1. The molecule has 1 atom stereocenters. The summed E-state index contributed by atoms with van der Waals surface area (Å²) < 4.78 is 32.5. The molecule has 2 aliphatic heterocycles. The highest BCUT2D eigenvalue weighted by atomic mass is 19.1. The number of carbonyl (C=O) groups is 3. The number of fused-ring (bicyclic) bond motifs is 1. The molecule has 8 heteroatoms. The minimum atomic E-state index is -0.787. The Kier molecular flexibility index (Phi) is 4.64. The second kappa shape index (κ2) is 7.12. The van der Waals surface area contributed by atoms with E-state index in [1.54, 1.807) is 0 Å². The SMILES string of the molecule is O=C(Nc1cc(F)ccc1F)c1ccc2c(c1)C(=O)N(CC1CCCO1)C2=O. The average molecular weight is 386 g/mol. The molecule has 3 amide bonds. The summed E-state index contributed by atoms with van der Waals surface area (Å²) >= 11 is 0. The van der Waals surface area contributed by atoms with Crippen LogP contribution in [-0.2, 0) is 4.74 Å². The first kappa shape index (κ1) is 18.2. The van der Waals surface area contributed by atoms with Gasteiger partial charge in [-0.2, -0.15) is 0 Å². The maximum atomic E-state index is 13.7. The molecule has 1 fully saturated rings. The Bertz CT molecular complexity index is 986. The van der Waals surface area contributed by atoms with Gasteiger partial charge in [0.15, 0.2) is 0 Å². The largest absolute Gasteiger partial charge is 0.376 e. The number of imide groups is 1. The summed E-state index contributed by atoms with van der Waals surface area (Å²) in [5.41, 5.74) is 0.0577. The quantitative estimate of drug-likeness (QED) is 0.820. The molecule has 0 saturated carbocycles. The summed E-state index contributed by atoms with van der Waals surface area (Å²) in [6.45, 7) is 0.775. The van der Waals surface area contributed by atoms with Crippen LogP contribution >= 0.6 is 0 Å². The average Bonchev–Trinajstić information content (AvgIpc) is 3.27. The molecule has 0 radical (unpaired) electrons. The molecule has 1 unspecified atom stereocenters. The van der Waals surface area contributed by atoms with E-state index in [1.807, 2.05) is 0 Å². The molecule has 1 N–H and O–H groups in total. The second-order valence-electron chi connectivity index (χ2n) is 6.69. The number of rotatable bonds is 4. The van der Waals surface area contributed by atoms with E-state index in [9.17, 15) is 23.2 Å². The third-order valence-corrected chi connectivity index (χ3v) is 4.82. The Morgan fingerprint density at radius 1 is 1.11 bits per heavy atom. The summed E-state index contributed by atoms with van der Waals surface area (Å²) in [5, 5.41) is 2.27. The molecule has 2 aromatic carbocycles. The second-order valence-corrected chi connectivity index (χ2v) is 6.69. The van der Waals surface area contributed by atoms with Crippen LogP contribution in [0.3, 0.4) is 0 Å². The van der Waals surface area contributed by atoms with Crippen molar-refractivity contribution in [2.45, 2.75) is 18.9 Å². The van der Waals surface area contributed by atoms with Crippen LogP contribution < -0.4 is 5.32 Å². The minimum absolute atomic E-state index is 0.0579. The molecule has 0 aromatic heterocycles. The molecular weight excluding hydrogens is 370 g/mol. The summed E-state index contributed by atoms with van der Waals surface area (Å²) in [7, 11) is 0. The van der Waals surface area contributed by atoms with Crippen molar-refractivity contribution in [2.75, 3.05) is 18.5 Å². The maximum absolute atomic E-state index is 13.7. The van der Waals surface area contributed by atoms with Gasteiger partial charge in [0, 0.05) is 18.2 Å². The van der Waals surface area contributed by atoms with Crippen LogP contribution in [-0.4, -0.2) is 41.9 Å². The molecule has 0 aliphatic carbocycles. The number of amides is 3. The predicted molar refractivity (Wildman–Crippen MR) is 95.1 cm³/mol. The first-order valence-electron chi connectivity index (χ1n) is 8.82. The molecule has 2 aromatic rings. The monoisotopic (exact) mass is 386 g/mol. The Morgan fingerprint density at radius 3 is 2.64 bits per heavy atom. The lowest BCUT2D eigenvalue weighted by molar-refractivity contribution is 0.0475. The van der Waals surface area contributed by atoms with Gasteiger partial charge in [0.1, 0.15) is 11.6 Å². The van der Waals surface area contributed by atoms with Crippen LogP contribution in [0.5, 0.6) is 0 Å². The van der Waals surface area contributed by atoms with E-state index in [2.05, 4.69) is 5.32 Å². The van der Waals surface area contributed by atoms with E-state index >= 15 is 0 Å². The zero-order valence-corrected chi connectivity index (χ0v) is 14.7. The van der Waals surface area contributed by atoms with Crippen molar-refractivity contribution < 1.29 is 27.9 Å². The minimum Gasteiger partial charge on any atom is -0.376 e. The van der Waals surface area contributed by atoms with Gasteiger partial charge in [0.2, 0.25) is 0 Å². The lowest BCUT2D eigenvalue weighted by Crippen LogP contribution is -2.36. The number of benzene rings is 2. The van der Waals surface area contributed by atoms with Crippen molar-refractivity contribution in [1.82, 2.24) is 4.90 Å². The molecule has 6 nitrogen and oxygen atoms in total. The molecule has 0 bridgehead atoms. The fourth-order valence-electron chi connectivity index (χ4n) is 3.38. The van der Waals surface area contributed by atoms with Crippen molar-refractivity contribution in [2.24, 2.45) is 0 Å². The normalized spacial score (nSPS) is 18.5. The first-order valence-corrected chi connectivity index (χ1v) is 8.82. The van der Waals surface area contributed by atoms with Gasteiger partial charge in [-0.3, -0.25) is 19.3 Å². The number of ether oxygens (including phenoxy) is 1. The molecule has 0 spiro atoms. The van der Waals surface area contributed by atoms with Crippen molar-refractivity contribution >= 4 is 23.4 Å². The van der Waals surface area contributed by atoms with E-state index in [0.717, 1.165) is 35.9 Å². The molecule has 144 valence electrons. The molecule has 28 heavy (non-hydrogen) atoms. The smallest absolute Gasteiger partial charge is 0.261 e. The van der Waals surface area contributed by atoms with Crippen molar-refractivity contribution in [1.29, 1.82) is 0 Å². The molecule has 2 heterocycles. The standard InChI is InChI=1S/C20H16F2N2O4/c21-12-4-6-16(22)17(9-12)23-18(25)11-3-5-14-15(8-11)20(27)24(19(14)26)10-13-2-1-7-28-13/h3-6,8-9,13H,1-2,7,10H2,(H,23,25). The van der Waals surface area contributed by atoms with E-state index < -0.39 is 29.4 Å². The molecule has 2 aliphatic rings. The summed E-state index contributed by atoms with van der Waals surface area (Å²) in [6, 6.07) is 6.75. The van der Waals surface area contributed by atoms with Gasteiger partial charge in [0.25, 0.3) is 17.7 Å². The molecular formula is C20H16F2N2O4. The third-order valence-electron chi connectivity index (χ3n) is 4.82. The Labute approximate surface area is 159 Å². The Balaban J connectivity index is 1.55. The number of carbonyl (C=O) groups excluding carboxylic acids is 3. The van der Waals surface area contributed by atoms with E-state index in [1.165, 1.54) is 18.2 Å². The Hall–Kier alpha value is -3.13. The highest BCUT2D eigenvalue weighted by Crippen LogP contribution is 2.26. The van der Waals surface area contributed by atoms with E-state index in [4.69, 9.17) is 4.74 Å². The van der Waals surface area contributed by atoms with Crippen LogP contribution in [0, 0.1) is 11.6 Å². The van der Waals surface area contributed by atoms with Gasteiger partial charge in [-0.25, -0.2) is 8.78 Å². The summed E-state index contributed by atoms with van der Waals surface area (Å²) in [6.07, 6.45) is 1.48. The van der Waals surface area contributed by atoms with Crippen LogP contribution in [0.1, 0.15) is 43.9 Å². The van der Waals surface area contributed by atoms with Crippen LogP contribution in [0.25, 0.3) is 0 Å². The maximum Gasteiger partial charge on any atom is 0.261 e. The van der Waals surface area contributed by atoms with Gasteiger partial charge in [0.05, 0.1) is 29.5 Å². The number of halogens is 2. The fourth-order valence-corrected chi connectivity index (χ4v) is 3.38. The molecule has 1 saturated heterocycles. The Morgan fingerprint density at radius 2 is 1.89 bits per heavy atom. The number of nitrogens with zero attached hydrogens (tertiary/aromatic N) is 1. The zero-order chi connectivity index (χ0) is 19.8. The van der Waals surface area contributed by atoms with Gasteiger partial charge < -0.3 is 10.1 Å². The zero-order valence-electron chi connectivity index (χ0n) is 14.7. The molecule has 4 rings (SSSR count). The van der Waals surface area contributed by atoms with Crippen molar-refractivity contribution in [3.05, 3.63) is 64.7 Å². The van der Waals surface area contributed by atoms with Gasteiger partial charge in [-0.05, 0) is 43.2 Å². The lowest BCUT2D eigenvalue weighted by Gasteiger charge is -2.17. The van der Waals surface area contributed by atoms with E-state index in [0.29, 0.717) is 6.61 Å². The van der Waals surface area contributed by atoms with Crippen molar-refractivity contribution in [3.63, 3.8) is 0 Å². The van der Waals surface area contributed by atoms with Gasteiger partial charge in [-0.1, -0.05) is 0 Å².